The van der Waals surface area contributed by atoms with Crippen molar-refractivity contribution in [2.45, 2.75) is 6.92 Å². The van der Waals surface area contributed by atoms with E-state index in [-0.39, 0.29) is 11.5 Å². The third-order valence-corrected chi connectivity index (χ3v) is 1.43. The summed E-state index contributed by atoms with van der Waals surface area (Å²) in [6.07, 6.45) is 0. The molecule has 10 heavy (non-hydrogen) atoms. The first-order chi connectivity index (χ1) is 4.61. The van der Waals surface area contributed by atoms with Crippen LogP contribution in [-0.4, -0.2) is 9.55 Å². The normalized spacial score (nSPS) is 9.80. The van der Waals surface area contributed by atoms with E-state index in [0.717, 1.165) is 5.69 Å². The molecular weight excluding hydrogens is 130 g/mol. The van der Waals surface area contributed by atoms with Crippen LogP contribution in [-0.2, 0) is 7.05 Å². The van der Waals surface area contributed by atoms with Gasteiger partial charge in [0.2, 0.25) is 5.95 Å². The number of nitrogens with zero attached hydrogens (tertiary/aromatic N) is 2. The Morgan fingerprint density at radius 2 is 2.30 bits per heavy atom. The Labute approximate surface area is 58.3 Å². The molecule has 0 bridgehead atoms. The fourth-order valence-corrected chi connectivity index (χ4v) is 0.676. The van der Waals surface area contributed by atoms with Crippen LogP contribution in [0.5, 0.6) is 0 Å². The zero-order valence-electron chi connectivity index (χ0n) is 5.96. The van der Waals surface area contributed by atoms with Crippen LogP contribution in [0.15, 0.2) is 10.9 Å². The molecule has 0 amide bonds. The Bertz CT molecular complexity index is 276. The maximum atomic E-state index is 10.7. The van der Waals surface area contributed by atoms with Gasteiger partial charge in [-0.3, -0.25) is 4.79 Å². The minimum Gasteiger partial charge on any atom is -0.369 e. The molecule has 0 saturated carbocycles. The second kappa shape index (κ2) is 2.13. The van der Waals surface area contributed by atoms with Gasteiger partial charge in [0.15, 0.2) is 0 Å². The number of anilines is 1. The van der Waals surface area contributed by atoms with E-state index in [1.54, 1.807) is 18.5 Å². The molecule has 1 rings (SSSR count). The van der Waals surface area contributed by atoms with Crippen molar-refractivity contribution >= 4 is 5.95 Å². The topological polar surface area (TPSA) is 60.9 Å². The van der Waals surface area contributed by atoms with E-state index in [2.05, 4.69) is 4.98 Å². The van der Waals surface area contributed by atoms with Crippen LogP contribution < -0.4 is 11.3 Å². The largest absolute Gasteiger partial charge is 0.369 e. The van der Waals surface area contributed by atoms with Crippen molar-refractivity contribution in [1.29, 1.82) is 0 Å². The standard InChI is InChI=1S/C6H9N3O/c1-4-3-5(10)8-6(7)9(4)2/h3H,1-2H3,(H2,7,8,10). The number of nitrogen functional groups attached to an aromatic ring is 1. The molecule has 0 aliphatic rings. The quantitative estimate of drug-likeness (QED) is 0.535. The lowest BCUT2D eigenvalue weighted by Crippen LogP contribution is -2.16. The van der Waals surface area contributed by atoms with Gasteiger partial charge in [0, 0.05) is 18.8 Å². The molecule has 0 unspecified atom stereocenters. The summed E-state index contributed by atoms with van der Waals surface area (Å²) in [5, 5.41) is 0. The van der Waals surface area contributed by atoms with Crippen molar-refractivity contribution in [3.63, 3.8) is 0 Å². The lowest BCUT2D eigenvalue weighted by atomic mass is 10.4. The predicted molar refractivity (Wildman–Crippen MR) is 38.6 cm³/mol. The van der Waals surface area contributed by atoms with Crippen molar-refractivity contribution in [3.8, 4) is 0 Å². The molecule has 1 aromatic heterocycles. The van der Waals surface area contributed by atoms with Crippen molar-refractivity contribution in [2.24, 2.45) is 7.05 Å². The van der Waals surface area contributed by atoms with Gasteiger partial charge in [-0.15, -0.1) is 0 Å². The molecule has 1 heterocycles. The first-order valence-electron chi connectivity index (χ1n) is 2.91. The van der Waals surface area contributed by atoms with Crippen LogP contribution in [0.25, 0.3) is 0 Å². The molecule has 0 aliphatic heterocycles. The predicted octanol–water partition coefficient (Wildman–Crippen LogP) is -0.329. The number of aromatic nitrogens is 2. The van der Waals surface area contributed by atoms with Gasteiger partial charge in [-0.25, -0.2) is 0 Å². The number of hydrogen-bond acceptors (Lipinski definition) is 3. The minimum atomic E-state index is -0.284. The van der Waals surface area contributed by atoms with Gasteiger partial charge in [-0.2, -0.15) is 4.98 Å². The third kappa shape index (κ3) is 1.00. The van der Waals surface area contributed by atoms with E-state index in [4.69, 9.17) is 5.73 Å². The van der Waals surface area contributed by atoms with Gasteiger partial charge in [-0.05, 0) is 6.92 Å². The van der Waals surface area contributed by atoms with Gasteiger partial charge < -0.3 is 10.3 Å². The number of hydrogen-bond donors (Lipinski definition) is 1. The summed E-state index contributed by atoms with van der Waals surface area (Å²) in [7, 11) is 1.76. The Morgan fingerprint density at radius 1 is 1.70 bits per heavy atom. The van der Waals surface area contributed by atoms with Crippen LogP contribution >= 0.6 is 0 Å². The zero-order valence-corrected chi connectivity index (χ0v) is 5.96. The second-order valence-corrected chi connectivity index (χ2v) is 2.15. The molecule has 0 fully saturated rings. The number of rotatable bonds is 0. The van der Waals surface area contributed by atoms with E-state index in [1.807, 2.05) is 0 Å². The fraction of sp³-hybridized carbons (Fsp3) is 0.333. The average molecular weight is 139 g/mol. The van der Waals surface area contributed by atoms with E-state index in [1.165, 1.54) is 6.07 Å². The second-order valence-electron chi connectivity index (χ2n) is 2.15. The Kier molecular flexibility index (Phi) is 1.45. The van der Waals surface area contributed by atoms with E-state index in [9.17, 15) is 4.79 Å². The first kappa shape index (κ1) is 6.80. The highest BCUT2D eigenvalue weighted by molar-refractivity contribution is 5.19. The van der Waals surface area contributed by atoms with Crippen LogP contribution in [0.2, 0.25) is 0 Å². The minimum absolute atomic E-state index is 0.255. The lowest BCUT2D eigenvalue weighted by molar-refractivity contribution is 0.831. The molecule has 4 heteroatoms. The van der Waals surface area contributed by atoms with Crippen LogP contribution in [0, 0.1) is 6.92 Å². The van der Waals surface area contributed by atoms with Crippen LogP contribution in [0.4, 0.5) is 5.95 Å². The van der Waals surface area contributed by atoms with Gasteiger partial charge in [0.05, 0.1) is 0 Å². The molecule has 0 radical (unpaired) electrons. The highest BCUT2D eigenvalue weighted by Crippen LogP contribution is 1.95. The zero-order chi connectivity index (χ0) is 7.72. The molecule has 54 valence electrons. The van der Waals surface area contributed by atoms with E-state index >= 15 is 0 Å². The summed E-state index contributed by atoms with van der Waals surface area (Å²) >= 11 is 0. The maximum absolute atomic E-state index is 10.7. The van der Waals surface area contributed by atoms with Crippen LogP contribution in [0.1, 0.15) is 5.69 Å². The Morgan fingerprint density at radius 3 is 2.80 bits per heavy atom. The smallest absolute Gasteiger partial charge is 0.274 e. The molecule has 0 spiro atoms. The summed E-state index contributed by atoms with van der Waals surface area (Å²) < 4.78 is 1.65. The summed E-state index contributed by atoms with van der Waals surface area (Å²) in [4.78, 5) is 14.2. The SMILES string of the molecule is Cc1cc(=O)nc(N)n1C. The van der Waals surface area contributed by atoms with Crippen molar-refractivity contribution in [2.75, 3.05) is 5.73 Å². The highest BCUT2D eigenvalue weighted by atomic mass is 16.1. The molecule has 0 atom stereocenters. The fourth-order valence-electron chi connectivity index (χ4n) is 0.676. The maximum Gasteiger partial charge on any atom is 0.274 e. The highest BCUT2D eigenvalue weighted by Gasteiger charge is 1.96. The van der Waals surface area contributed by atoms with Crippen molar-refractivity contribution in [1.82, 2.24) is 9.55 Å². The molecule has 0 aliphatic carbocycles. The monoisotopic (exact) mass is 139 g/mol. The van der Waals surface area contributed by atoms with Crippen molar-refractivity contribution < 1.29 is 0 Å². The average Bonchev–Trinajstić information content (AvgIpc) is 1.82. The molecule has 4 nitrogen and oxygen atoms in total. The lowest BCUT2D eigenvalue weighted by Gasteiger charge is -2.03. The van der Waals surface area contributed by atoms with Crippen LogP contribution in [0.3, 0.4) is 0 Å². The molecule has 1 aromatic rings. The van der Waals surface area contributed by atoms with Gasteiger partial charge in [0.25, 0.3) is 5.56 Å². The van der Waals surface area contributed by atoms with Gasteiger partial charge in [0.1, 0.15) is 0 Å². The molecular formula is C6H9N3O. The summed E-state index contributed by atoms with van der Waals surface area (Å²) in [5.74, 6) is 0.255. The third-order valence-electron chi connectivity index (χ3n) is 1.43. The summed E-state index contributed by atoms with van der Waals surface area (Å²) in [6, 6.07) is 1.44. The Hall–Kier alpha value is -1.32. The first-order valence-corrected chi connectivity index (χ1v) is 2.91. The molecule has 0 aromatic carbocycles. The van der Waals surface area contributed by atoms with Gasteiger partial charge >= 0.3 is 0 Å². The molecule has 0 saturated heterocycles. The number of aryl methyl sites for hydroxylation is 1. The molecule has 2 N–H and O–H groups in total. The summed E-state index contributed by atoms with van der Waals surface area (Å²) in [6.45, 7) is 1.80. The summed E-state index contributed by atoms with van der Waals surface area (Å²) in [5.41, 5.74) is 5.91. The Balaban J connectivity index is 3.46. The van der Waals surface area contributed by atoms with Gasteiger partial charge in [-0.1, -0.05) is 0 Å². The van der Waals surface area contributed by atoms with E-state index < -0.39 is 0 Å². The number of nitrogens with two attached hydrogens (primary N) is 1. The van der Waals surface area contributed by atoms with E-state index in [0.29, 0.717) is 0 Å². The van der Waals surface area contributed by atoms with Crippen molar-refractivity contribution in [3.05, 3.63) is 22.1 Å².